The lowest BCUT2D eigenvalue weighted by molar-refractivity contribution is 0.159. The summed E-state index contributed by atoms with van der Waals surface area (Å²) in [4.78, 5) is 0. The zero-order chi connectivity index (χ0) is 10.2. The molecule has 0 N–H and O–H groups in total. The molecule has 2 heteroatoms. The molecule has 0 saturated carbocycles. The van der Waals surface area contributed by atoms with E-state index in [-0.39, 0.29) is 5.38 Å². The molecule has 1 rings (SSSR count). The Morgan fingerprint density at radius 2 is 2.07 bits per heavy atom. The molecule has 1 atom stereocenters. The molecule has 76 valence electrons. The van der Waals surface area contributed by atoms with Gasteiger partial charge >= 0.3 is 0 Å². The number of hydrogen-bond donors (Lipinski definition) is 0. The summed E-state index contributed by atoms with van der Waals surface area (Å²) in [5.41, 5.74) is 1.15. The summed E-state index contributed by atoms with van der Waals surface area (Å²) in [6.45, 7) is 4.85. The van der Waals surface area contributed by atoms with E-state index in [9.17, 15) is 0 Å². The van der Waals surface area contributed by atoms with Gasteiger partial charge in [-0.3, -0.25) is 0 Å². The van der Waals surface area contributed by atoms with Crippen molar-refractivity contribution in [2.45, 2.75) is 11.8 Å². The standard InChI is InChI=1S/C12H15ClO/c1-2-9-14-10-8-12(13)11-6-4-3-5-7-11/h2-7,12H,1,8-10H2. The second kappa shape index (κ2) is 6.63. The smallest absolute Gasteiger partial charge is 0.0644 e. The normalized spacial score (nSPS) is 12.4. The Balaban J connectivity index is 2.28. The van der Waals surface area contributed by atoms with Gasteiger partial charge in [-0.2, -0.15) is 0 Å². The van der Waals surface area contributed by atoms with Gasteiger partial charge in [0.05, 0.1) is 12.0 Å². The molecule has 0 radical (unpaired) electrons. The predicted octanol–water partition coefficient (Wildman–Crippen LogP) is 3.56. The molecular weight excluding hydrogens is 196 g/mol. The summed E-state index contributed by atoms with van der Waals surface area (Å²) in [5.74, 6) is 0. The van der Waals surface area contributed by atoms with E-state index in [1.165, 1.54) is 0 Å². The van der Waals surface area contributed by atoms with Crippen LogP contribution in [0.15, 0.2) is 43.0 Å². The first-order chi connectivity index (χ1) is 6.84. The average molecular weight is 211 g/mol. The van der Waals surface area contributed by atoms with Crippen LogP contribution < -0.4 is 0 Å². The Kier molecular flexibility index (Phi) is 5.35. The molecular formula is C12H15ClO. The molecule has 1 nitrogen and oxygen atoms in total. The lowest BCUT2D eigenvalue weighted by Crippen LogP contribution is -1.99. The van der Waals surface area contributed by atoms with Gasteiger partial charge in [-0.25, -0.2) is 0 Å². The van der Waals surface area contributed by atoms with Crippen LogP contribution in [0.1, 0.15) is 17.4 Å². The Labute approximate surface area is 90.3 Å². The van der Waals surface area contributed by atoms with Gasteiger partial charge in [-0.05, 0) is 12.0 Å². The van der Waals surface area contributed by atoms with Crippen LogP contribution in [0, 0.1) is 0 Å². The van der Waals surface area contributed by atoms with Crippen molar-refractivity contribution in [2.75, 3.05) is 13.2 Å². The zero-order valence-electron chi connectivity index (χ0n) is 8.16. The summed E-state index contributed by atoms with van der Waals surface area (Å²) in [6, 6.07) is 10.0. The molecule has 1 aromatic rings. The van der Waals surface area contributed by atoms with Crippen molar-refractivity contribution < 1.29 is 4.74 Å². The summed E-state index contributed by atoms with van der Waals surface area (Å²) in [5, 5.41) is 0.0426. The van der Waals surface area contributed by atoms with E-state index < -0.39 is 0 Å². The van der Waals surface area contributed by atoms with Crippen molar-refractivity contribution in [2.24, 2.45) is 0 Å². The van der Waals surface area contributed by atoms with Crippen molar-refractivity contribution >= 4 is 11.6 Å². The highest BCUT2D eigenvalue weighted by atomic mass is 35.5. The summed E-state index contributed by atoms with van der Waals surface area (Å²) in [7, 11) is 0. The van der Waals surface area contributed by atoms with Crippen LogP contribution >= 0.6 is 11.6 Å². The molecule has 0 fully saturated rings. The van der Waals surface area contributed by atoms with Crippen LogP contribution in [0.5, 0.6) is 0 Å². The molecule has 0 heterocycles. The number of ether oxygens (including phenoxy) is 1. The van der Waals surface area contributed by atoms with Crippen LogP contribution in [-0.4, -0.2) is 13.2 Å². The Hall–Kier alpha value is -0.790. The molecule has 0 spiro atoms. The van der Waals surface area contributed by atoms with Gasteiger partial charge in [0, 0.05) is 6.61 Å². The number of rotatable bonds is 6. The van der Waals surface area contributed by atoms with Crippen LogP contribution in [-0.2, 0) is 4.74 Å². The second-order valence-corrected chi connectivity index (χ2v) is 3.56. The van der Waals surface area contributed by atoms with Gasteiger partial charge in [-0.1, -0.05) is 36.4 Å². The summed E-state index contributed by atoms with van der Waals surface area (Å²) >= 11 is 6.18. The quantitative estimate of drug-likeness (QED) is 0.396. The van der Waals surface area contributed by atoms with Crippen LogP contribution in [0.3, 0.4) is 0 Å². The fourth-order valence-electron chi connectivity index (χ4n) is 1.18. The zero-order valence-corrected chi connectivity index (χ0v) is 8.91. The van der Waals surface area contributed by atoms with Gasteiger partial charge in [-0.15, -0.1) is 18.2 Å². The largest absolute Gasteiger partial charge is 0.377 e. The van der Waals surface area contributed by atoms with Gasteiger partial charge in [0.25, 0.3) is 0 Å². The Morgan fingerprint density at radius 3 is 2.71 bits per heavy atom. The van der Waals surface area contributed by atoms with Gasteiger partial charge in [0.1, 0.15) is 0 Å². The van der Waals surface area contributed by atoms with E-state index in [2.05, 4.69) is 6.58 Å². The average Bonchev–Trinajstić information content (AvgIpc) is 2.25. The van der Waals surface area contributed by atoms with Gasteiger partial charge in [0.15, 0.2) is 0 Å². The first-order valence-electron chi connectivity index (χ1n) is 4.72. The van der Waals surface area contributed by atoms with Crippen molar-refractivity contribution in [3.05, 3.63) is 48.6 Å². The van der Waals surface area contributed by atoms with E-state index in [1.54, 1.807) is 6.08 Å². The highest BCUT2D eigenvalue weighted by molar-refractivity contribution is 6.20. The fourth-order valence-corrected chi connectivity index (χ4v) is 1.42. The van der Waals surface area contributed by atoms with Crippen LogP contribution in [0.25, 0.3) is 0 Å². The molecule has 0 aliphatic rings. The first kappa shape index (κ1) is 11.3. The number of benzene rings is 1. The topological polar surface area (TPSA) is 9.23 Å². The molecule has 1 aromatic carbocycles. The maximum Gasteiger partial charge on any atom is 0.0644 e. The predicted molar refractivity (Wildman–Crippen MR) is 60.7 cm³/mol. The second-order valence-electron chi connectivity index (χ2n) is 3.03. The third-order valence-electron chi connectivity index (χ3n) is 1.91. The van der Waals surface area contributed by atoms with Crippen molar-refractivity contribution in [3.63, 3.8) is 0 Å². The van der Waals surface area contributed by atoms with E-state index in [4.69, 9.17) is 16.3 Å². The van der Waals surface area contributed by atoms with Crippen molar-refractivity contribution in [3.8, 4) is 0 Å². The van der Waals surface area contributed by atoms with Gasteiger partial charge in [0.2, 0.25) is 0 Å². The maximum atomic E-state index is 6.18. The monoisotopic (exact) mass is 210 g/mol. The number of halogens is 1. The molecule has 0 aliphatic carbocycles. The third-order valence-corrected chi connectivity index (χ3v) is 2.38. The van der Waals surface area contributed by atoms with Crippen LogP contribution in [0.2, 0.25) is 0 Å². The minimum absolute atomic E-state index is 0.0426. The van der Waals surface area contributed by atoms with E-state index >= 15 is 0 Å². The minimum atomic E-state index is 0.0426. The van der Waals surface area contributed by atoms with E-state index in [0.717, 1.165) is 12.0 Å². The highest BCUT2D eigenvalue weighted by Gasteiger charge is 2.05. The molecule has 0 amide bonds. The minimum Gasteiger partial charge on any atom is -0.377 e. The van der Waals surface area contributed by atoms with Gasteiger partial charge < -0.3 is 4.74 Å². The fraction of sp³-hybridized carbons (Fsp3) is 0.333. The Morgan fingerprint density at radius 1 is 1.36 bits per heavy atom. The van der Waals surface area contributed by atoms with E-state index in [0.29, 0.717) is 13.2 Å². The molecule has 14 heavy (non-hydrogen) atoms. The maximum absolute atomic E-state index is 6.18. The van der Waals surface area contributed by atoms with Crippen LogP contribution in [0.4, 0.5) is 0 Å². The van der Waals surface area contributed by atoms with Crippen molar-refractivity contribution in [1.82, 2.24) is 0 Å². The van der Waals surface area contributed by atoms with E-state index in [1.807, 2.05) is 30.3 Å². The third kappa shape index (κ3) is 3.95. The Bertz CT molecular complexity index is 258. The summed E-state index contributed by atoms with van der Waals surface area (Å²) < 4.78 is 5.27. The number of hydrogen-bond acceptors (Lipinski definition) is 1. The van der Waals surface area contributed by atoms with Crippen molar-refractivity contribution in [1.29, 1.82) is 0 Å². The lowest BCUT2D eigenvalue weighted by Gasteiger charge is -2.09. The number of alkyl halides is 1. The molecule has 0 aromatic heterocycles. The molecule has 1 unspecified atom stereocenters. The lowest BCUT2D eigenvalue weighted by atomic mass is 10.1. The highest BCUT2D eigenvalue weighted by Crippen LogP contribution is 2.23. The molecule has 0 saturated heterocycles. The first-order valence-corrected chi connectivity index (χ1v) is 5.16. The molecule has 0 bridgehead atoms. The molecule has 0 aliphatic heterocycles. The summed E-state index contributed by atoms with van der Waals surface area (Å²) in [6.07, 6.45) is 2.57. The SMILES string of the molecule is C=CCOCCC(Cl)c1ccccc1.